The summed E-state index contributed by atoms with van der Waals surface area (Å²) in [5.41, 5.74) is 3.64. The molecule has 0 amide bonds. The average Bonchev–Trinajstić information content (AvgIpc) is 2.62. The number of para-hydroxylation sites is 2. The predicted molar refractivity (Wildman–Crippen MR) is 102 cm³/mol. The number of hydrogen-bond donors (Lipinski definition) is 2. The number of rotatable bonds is 4. The summed E-state index contributed by atoms with van der Waals surface area (Å²) in [6.07, 6.45) is 1.78. The summed E-state index contributed by atoms with van der Waals surface area (Å²) < 4.78 is 0. The van der Waals surface area contributed by atoms with Crippen LogP contribution in [0.3, 0.4) is 0 Å². The number of nitrogens with zero attached hydrogens (tertiary/aromatic N) is 3. The van der Waals surface area contributed by atoms with E-state index in [1.54, 1.807) is 6.20 Å². The molecule has 2 aromatic heterocycles. The molecule has 2 heterocycles. The van der Waals surface area contributed by atoms with Gasteiger partial charge < -0.3 is 10.6 Å². The van der Waals surface area contributed by atoms with Gasteiger partial charge in [0.25, 0.3) is 0 Å². The first kappa shape index (κ1) is 15.1. The van der Waals surface area contributed by atoms with E-state index >= 15 is 0 Å². The summed E-state index contributed by atoms with van der Waals surface area (Å²) in [5.74, 6) is 1.28. The second-order valence-electron chi connectivity index (χ2n) is 5.71. The van der Waals surface area contributed by atoms with Crippen molar-refractivity contribution in [3.05, 3.63) is 78.6 Å². The Kier molecular flexibility index (Phi) is 3.96. The van der Waals surface area contributed by atoms with E-state index in [4.69, 9.17) is 0 Å². The van der Waals surface area contributed by atoms with Crippen molar-refractivity contribution in [3.8, 4) is 0 Å². The number of nitrogens with one attached hydrogen (secondary N) is 2. The van der Waals surface area contributed by atoms with Gasteiger partial charge in [-0.3, -0.25) is 4.98 Å². The van der Waals surface area contributed by atoms with Gasteiger partial charge in [0.2, 0.25) is 5.95 Å². The molecular weight excluding hydrogens is 310 g/mol. The van der Waals surface area contributed by atoms with Crippen molar-refractivity contribution in [1.29, 1.82) is 0 Å². The summed E-state index contributed by atoms with van der Waals surface area (Å²) in [7, 11) is 0. The molecule has 0 radical (unpaired) electrons. The van der Waals surface area contributed by atoms with Gasteiger partial charge in [0.1, 0.15) is 5.82 Å². The van der Waals surface area contributed by atoms with Crippen LogP contribution in [-0.2, 0) is 0 Å². The third kappa shape index (κ3) is 3.40. The second kappa shape index (κ2) is 6.57. The normalized spacial score (nSPS) is 10.6. The number of fused-ring (bicyclic) bond motifs is 1. The fraction of sp³-hybridized carbons (Fsp3) is 0.0500. The van der Waals surface area contributed by atoms with Gasteiger partial charge in [-0.2, -0.15) is 4.98 Å². The summed E-state index contributed by atoms with van der Waals surface area (Å²) in [6, 6.07) is 21.8. The number of benzene rings is 2. The summed E-state index contributed by atoms with van der Waals surface area (Å²) in [4.78, 5) is 13.5. The third-order valence-corrected chi connectivity index (χ3v) is 3.78. The lowest BCUT2D eigenvalue weighted by atomic mass is 10.2. The molecule has 0 saturated heterocycles. The Morgan fingerprint density at radius 1 is 0.800 bits per heavy atom. The maximum absolute atomic E-state index is 4.57. The van der Waals surface area contributed by atoms with Gasteiger partial charge in [0, 0.05) is 29.0 Å². The molecule has 122 valence electrons. The molecule has 2 aromatic carbocycles. The molecule has 25 heavy (non-hydrogen) atoms. The van der Waals surface area contributed by atoms with Crippen molar-refractivity contribution in [1.82, 2.24) is 15.0 Å². The van der Waals surface area contributed by atoms with Gasteiger partial charge in [-0.05, 0) is 31.2 Å². The highest BCUT2D eigenvalue weighted by atomic mass is 15.1. The number of hydrogen-bond acceptors (Lipinski definition) is 5. The first-order valence-electron chi connectivity index (χ1n) is 8.06. The van der Waals surface area contributed by atoms with E-state index in [1.165, 1.54) is 0 Å². The molecule has 5 nitrogen and oxygen atoms in total. The predicted octanol–water partition coefficient (Wildman–Crippen LogP) is 4.82. The minimum absolute atomic E-state index is 0.539. The zero-order valence-corrected chi connectivity index (χ0v) is 13.8. The Morgan fingerprint density at radius 2 is 1.64 bits per heavy atom. The van der Waals surface area contributed by atoms with Gasteiger partial charge in [-0.25, -0.2) is 4.98 Å². The molecule has 4 rings (SSSR count). The standard InChI is InChI=1S/C20H17N5/c1-14-13-18(23-16-9-3-2-4-10-16)25-20(22-14)24-17-11-5-7-15-8-6-12-21-19(15)17/h2-13H,1H3,(H2,22,23,24,25). The van der Waals surface area contributed by atoms with E-state index in [9.17, 15) is 0 Å². The lowest BCUT2D eigenvalue weighted by Gasteiger charge is -2.11. The Bertz CT molecular complexity index is 1010. The maximum atomic E-state index is 4.57. The van der Waals surface area contributed by atoms with Crippen LogP contribution < -0.4 is 10.6 Å². The van der Waals surface area contributed by atoms with Crippen LogP contribution in [0.2, 0.25) is 0 Å². The van der Waals surface area contributed by atoms with E-state index in [0.717, 1.165) is 33.8 Å². The average molecular weight is 327 g/mol. The van der Waals surface area contributed by atoms with Crippen molar-refractivity contribution in [2.75, 3.05) is 10.6 Å². The Morgan fingerprint density at radius 3 is 2.52 bits per heavy atom. The zero-order chi connectivity index (χ0) is 17.1. The number of aryl methyl sites for hydroxylation is 1. The van der Waals surface area contributed by atoms with Crippen LogP contribution in [0.4, 0.5) is 23.1 Å². The molecule has 5 heteroatoms. The molecule has 0 aliphatic heterocycles. The molecule has 0 saturated carbocycles. The fourth-order valence-electron chi connectivity index (χ4n) is 2.68. The molecular formula is C20H17N5. The van der Waals surface area contributed by atoms with E-state index in [1.807, 2.05) is 73.7 Å². The third-order valence-electron chi connectivity index (χ3n) is 3.78. The van der Waals surface area contributed by atoms with Crippen molar-refractivity contribution < 1.29 is 0 Å². The topological polar surface area (TPSA) is 62.7 Å². The maximum Gasteiger partial charge on any atom is 0.229 e. The van der Waals surface area contributed by atoms with Gasteiger partial charge in [-0.1, -0.05) is 36.4 Å². The molecule has 0 atom stereocenters. The van der Waals surface area contributed by atoms with Crippen LogP contribution in [0.25, 0.3) is 10.9 Å². The van der Waals surface area contributed by atoms with Gasteiger partial charge in [-0.15, -0.1) is 0 Å². The Balaban J connectivity index is 1.66. The van der Waals surface area contributed by atoms with E-state index < -0.39 is 0 Å². The van der Waals surface area contributed by atoms with Crippen LogP contribution in [0.1, 0.15) is 5.69 Å². The van der Waals surface area contributed by atoms with Crippen molar-refractivity contribution in [2.45, 2.75) is 6.92 Å². The van der Waals surface area contributed by atoms with Crippen LogP contribution >= 0.6 is 0 Å². The van der Waals surface area contributed by atoms with Gasteiger partial charge >= 0.3 is 0 Å². The molecule has 0 fully saturated rings. The fourth-order valence-corrected chi connectivity index (χ4v) is 2.68. The largest absolute Gasteiger partial charge is 0.340 e. The minimum Gasteiger partial charge on any atom is -0.340 e. The Hall–Kier alpha value is -3.47. The van der Waals surface area contributed by atoms with Crippen molar-refractivity contribution >= 4 is 34.0 Å². The van der Waals surface area contributed by atoms with Crippen LogP contribution in [0, 0.1) is 6.92 Å². The number of aromatic nitrogens is 3. The van der Waals surface area contributed by atoms with Gasteiger partial charge in [0.05, 0.1) is 11.2 Å². The molecule has 0 unspecified atom stereocenters. The van der Waals surface area contributed by atoms with E-state index in [-0.39, 0.29) is 0 Å². The smallest absolute Gasteiger partial charge is 0.229 e. The highest BCUT2D eigenvalue weighted by molar-refractivity contribution is 5.91. The van der Waals surface area contributed by atoms with E-state index in [0.29, 0.717) is 5.95 Å². The zero-order valence-electron chi connectivity index (χ0n) is 13.8. The summed E-state index contributed by atoms with van der Waals surface area (Å²) in [6.45, 7) is 1.95. The molecule has 0 spiro atoms. The monoisotopic (exact) mass is 327 g/mol. The van der Waals surface area contributed by atoms with Crippen LogP contribution in [0.5, 0.6) is 0 Å². The first-order chi connectivity index (χ1) is 12.3. The summed E-state index contributed by atoms with van der Waals surface area (Å²) >= 11 is 0. The Labute approximate surface area is 145 Å². The van der Waals surface area contributed by atoms with E-state index in [2.05, 4.69) is 25.6 Å². The second-order valence-corrected chi connectivity index (χ2v) is 5.71. The van der Waals surface area contributed by atoms with Crippen molar-refractivity contribution in [2.24, 2.45) is 0 Å². The van der Waals surface area contributed by atoms with Crippen LogP contribution in [-0.4, -0.2) is 15.0 Å². The molecule has 0 aliphatic carbocycles. The minimum atomic E-state index is 0.539. The van der Waals surface area contributed by atoms with Gasteiger partial charge in [0.15, 0.2) is 0 Å². The SMILES string of the molecule is Cc1cc(Nc2ccccc2)nc(Nc2cccc3cccnc23)n1. The molecule has 0 bridgehead atoms. The molecule has 4 aromatic rings. The van der Waals surface area contributed by atoms with Crippen molar-refractivity contribution in [3.63, 3.8) is 0 Å². The lowest BCUT2D eigenvalue weighted by molar-refractivity contribution is 1.11. The lowest BCUT2D eigenvalue weighted by Crippen LogP contribution is -2.03. The number of pyridine rings is 1. The molecule has 0 aliphatic rings. The highest BCUT2D eigenvalue weighted by Gasteiger charge is 2.06. The first-order valence-corrected chi connectivity index (χ1v) is 8.06. The highest BCUT2D eigenvalue weighted by Crippen LogP contribution is 2.24. The quantitative estimate of drug-likeness (QED) is 0.562. The van der Waals surface area contributed by atoms with Crippen LogP contribution in [0.15, 0.2) is 72.9 Å². The molecule has 2 N–H and O–H groups in total. The summed E-state index contributed by atoms with van der Waals surface area (Å²) in [5, 5.41) is 7.66. The number of anilines is 4.